The van der Waals surface area contributed by atoms with Gasteiger partial charge in [0.1, 0.15) is 0 Å². The predicted octanol–water partition coefficient (Wildman–Crippen LogP) is 3.65. The summed E-state index contributed by atoms with van der Waals surface area (Å²) < 4.78 is 1.39. The maximum Gasteiger partial charge on any atom is 0.220 e. The number of aryl methyl sites for hydroxylation is 1. The van der Waals surface area contributed by atoms with Gasteiger partial charge in [-0.15, -0.1) is 23.7 Å². The van der Waals surface area contributed by atoms with Crippen LogP contribution in [-0.4, -0.2) is 18.0 Å². The van der Waals surface area contributed by atoms with E-state index in [0.717, 1.165) is 18.4 Å². The molecular formula is C12H19Cl3N2OS. The Bertz CT molecular complexity index is 421. The Balaban J connectivity index is 0.00000324. The number of hydrogen-bond donors (Lipinski definition) is 2. The molecule has 1 heterocycles. The minimum absolute atomic E-state index is 0. The lowest BCUT2D eigenvalue weighted by Crippen LogP contribution is -2.48. The lowest BCUT2D eigenvalue weighted by Gasteiger charge is -2.24. The Morgan fingerprint density at radius 1 is 1.47 bits per heavy atom. The van der Waals surface area contributed by atoms with Gasteiger partial charge in [-0.05, 0) is 38.3 Å². The number of nitrogens with two attached hydrogens (primary N) is 1. The minimum Gasteiger partial charge on any atom is -0.350 e. The highest BCUT2D eigenvalue weighted by atomic mass is 35.5. The van der Waals surface area contributed by atoms with Crippen LogP contribution in [0.1, 0.15) is 32.3 Å². The Hall–Kier alpha value is -0.000000000000000222. The molecule has 3 N–H and O–H groups in total. The van der Waals surface area contributed by atoms with E-state index in [1.807, 2.05) is 19.9 Å². The Morgan fingerprint density at radius 2 is 2.11 bits per heavy atom. The highest BCUT2D eigenvalue weighted by Gasteiger charge is 2.17. The SMILES string of the molecule is CC(C)(CN)NC(=O)CCCc1cc(Cl)sc1Cl.Cl. The fraction of sp³-hybridized carbons (Fsp3) is 0.583. The number of rotatable bonds is 6. The highest BCUT2D eigenvalue weighted by molar-refractivity contribution is 7.20. The van der Waals surface area contributed by atoms with E-state index in [4.69, 9.17) is 28.9 Å². The summed E-state index contributed by atoms with van der Waals surface area (Å²) in [7, 11) is 0. The number of carbonyl (C=O) groups is 1. The summed E-state index contributed by atoms with van der Waals surface area (Å²) in [6, 6.07) is 1.86. The average molecular weight is 346 g/mol. The van der Waals surface area contributed by atoms with Gasteiger partial charge in [0.25, 0.3) is 0 Å². The van der Waals surface area contributed by atoms with Crippen molar-refractivity contribution in [1.29, 1.82) is 0 Å². The summed E-state index contributed by atoms with van der Waals surface area (Å²) in [6.07, 6.45) is 1.98. The fourth-order valence-electron chi connectivity index (χ4n) is 1.48. The van der Waals surface area contributed by atoms with Crippen molar-refractivity contribution in [1.82, 2.24) is 5.32 Å². The maximum atomic E-state index is 11.7. The van der Waals surface area contributed by atoms with Crippen molar-refractivity contribution in [2.24, 2.45) is 5.73 Å². The van der Waals surface area contributed by atoms with Crippen LogP contribution in [0.3, 0.4) is 0 Å². The first-order valence-corrected chi connectivity index (χ1v) is 7.36. The Kier molecular flexibility index (Phi) is 8.32. The summed E-state index contributed by atoms with van der Waals surface area (Å²) >= 11 is 13.2. The molecule has 110 valence electrons. The van der Waals surface area contributed by atoms with Gasteiger partial charge in [0.2, 0.25) is 5.91 Å². The average Bonchev–Trinajstić information content (AvgIpc) is 2.57. The predicted molar refractivity (Wildman–Crippen MR) is 85.8 cm³/mol. The van der Waals surface area contributed by atoms with E-state index in [2.05, 4.69) is 5.32 Å². The second kappa shape index (κ2) is 8.32. The van der Waals surface area contributed by atoms with Crippen LogP contribution in [0.15, 0.2) is 6.07 Å². The monoisotopic (exact) mass is 344 g/mol. The van der Waals surface area contributed by atoms with Crippen LogP contribution >= 0.6 is 46.9 Å². The zero-order valence-corrected chi connectivity index (χ0v) is 14.1. The first-order valence-electron chi connectivity index (χ1n) is 5.79. The van der Waals surface area contributed by atoms with E-state index >= 15 is 0 Å². The molecule has 0 bridgehead atoms. The van der Waals surface area contributed by atoms with Crippen LogP contribution < -0.4 is 11.1 Å². The molecule has 0 aliphatic heterocycles. The van der Waals surface area contributed by atoms with Gasteiger partial charge in [-0.3, -0.25) is 4.79 Å². The smallest absolute Gasteiger partial charge is 0.220 e. The summed E-state index contributed by atoms with van der Waals surface area (Å²) in [5, 5.41) is 2.89. The van der Waals surface area contributed by atoms with Gasteiger partial charge in [-0.1, -0.05) is 23.2 Å². The zero-order valence-electron chi connectivity index (χ0n) is 11.0. The fourth-order valence-corrected chi connectivity index (χ4v) is 3.02. The van der Waals surface area contributed by atoms with Crippen LogP contribution in [0.4, 0.5) is 0 Å². The number of halogens is 3. The van der Waals surface area contributed by atoms with E-state index in [1.165, 1.54) is 11.3 Å². The second-order valence-electron chi connectivity index (χ2n) is 4.84. The zero-order chi connectivity index (χ0) is 13.8. The largest absolute Gasteiger partial charge is 0.350 e. The molecule has 19 heavy (non-hydrogen) atoms. The molecule has 0 aliphatic rings. The summed E-state index contributed by atoms with van der Waals surface area (Å²) in [6.45, 7) is 4.23. The molecule has 3 nitrogen and oxygen atoms in total. The molecule has 0 aliphatic carbocycles. The molecule has 1 rings (SSSR count). The van der Waals surface area contributed by atoms with Gasteiger partial charge < -0.3 is 11.1 Å². The molecule has 0 saturated carbocycles. The van der Waals surface area contributed by atoms with Gasteiger partial charge in [-0.2, -0.15) is 0 Å². The molecule has 0 spiro atoms. The van der Waals surface area contributed by atoms with Crippen molar-refractivity contribution < 1.29 is 4.79 Å². The molecule has 0 unspecified atom stereocenters. The topological polar surface area (TPSA) is 55.1 Å². The van der Waals surface area contributed by atoms with E-state index in [9.17, 15) is 4.79 Å². The third-order valence-electron chi connectivity index (χ3n) is 2.57. The quantitative estimate of drug-likeness (QED) is 0.827. The van der Waals surface area contributed by atoms with Crippen LogP contribution in [0.25, 0.3) is 0 Å². The van der Waals surface area contributed by atoms with Crippen LogP contribution in [0.5, 0.6) is 0 Å². The molecule has 0 fully saturated rings. The van der Waals surface area contributed by atoms with Crippen LogP contribution in [0.2, 0.25) is 8.67 Å². The Morgan fingerprint density at radius 3 is 2.58 bits per heavy atom. The maximum absolute atomic E-state index is 11.7. The summed E-state index contributed by atoms with van der Waals surface area (Å²) in [4.78, 5) is 11.7. The number of amides is 1. The van der Waals surface area contributed by atoms with Crippen LogP contribution in [0, 0.1) is 0 Å². The van der Waals surface area contributed by atoms with Crippen molar-refractivity contribution in [3.63, 3.8) is 0 Å². The molecule has 1 aromatic rings. The Labute approximate surface area is 134 Å². The normalized spacial score (nSPS) is 11.0. The van der Waals surface area contributed by atoms with Crippen molar-refractivity contribution in [3.8, 4) is 0 Å². The second-order valence-corrected chi connectivity index (χ2v) is 7.12. The molecule has 1 aromatic heterocycles. The first-order chi connectivity index (χ1) is 8.34. The standard InChI is InChI=1S/C12H18Cl2N2OS.ClH/c1-12(2,7-15)16-10(17)5-3-4-8-6-9(13)18-11(8)14;/h6H,3-5,7,15H2,1-2H3,(H,16,17);1H. The van der Waals surface area contributed by atoms with Crippen LogP contribution in [-0.2, 0) is 11.2 Å². The molecule has 0 saturated heterocycles. The molecule has 0 aromatic carbocycles. The number of hydrogen-bond acceptors (Lipinski definition) is 3. The number of nitrogens with one attached hydrogen (secondary N) is 1. The lowest BCUT2D eigenvalue weighted by atomic mass is 10.1. The van der Waals surface area contributed by atoms with Crippen molar-refractivity contribution in [2.45, 2.75) is 38.6 Å². The number of thiophene rings is 1. The molecule has 1 amide bonds. The third kappa shape index (κ3) is 6.82. The van der Waals surface area contributed by atoms with E-state index in [1.54, 1.807) is 0 Å². The first kappa shape index (κ1) is 19.0. The van der Waals surface area contributed by atoms with Crippen molar-refractivity contribution in [3.05, 3.63) is 20.3 Å². The molecule has 7 heteroatoms. The summed E-state index contributed by atoms with van der Waals surface area (Å²) in [5.41, 5.74) is 6.22. The van der Waals surface area contributed by atoms with Gasteiger partial charge in [0.05, 0.1) is 8.67 Å². The molecular weight excluding hydrogens is 327 g/mol. The lowest BCUT2D eigenvalue weighted by molar-refractivity contribution is -0.122. The summed E-state index contributed by atoms with van der Waals surface area (Å²) in [5.74, 6) is 0.0166. The molecule has 0 atom stereocenters. The van der Waals surface area contributed by atoms with Gasteiger partial charge in [0, 0.05) is 18.5 Å². The van der Waals surface area contributed by atoms with Crippen molar-refractivity contribution in [2.75, 3.05) is 6.54 Å². The van der Waals surface area contributed by atoms with Gasteiger partial charge >= 0.3 is 0 Å². The van der Waals surface area contributed by atoms with E-state index in [-0.39, 0.29) is 23.9 Å². The van der Waals surface area contributed by atoms with Crippen molar-refractivity contribution >= 4 is 52.9 Å². The minimum atomic E-state index is -0.347. The third-order valence-corrected chi connectivity index (χ3v) is 4.13. The van der Waals surface area contributed by atoms with Gasteiger partial charge in [-0.25, -0.2) is 0 Å². The number of carbonyl (C=O) groups excluding carboxylic acids is 1. The van der Waals surface area contributed by atoms with E-state index in [0.29, 0.717) is 21.6 Å². The highest BCUT2D eigenvalue weighted by Crippen LogP contribution is 2.31. The van der Waals surface area contributed by atoms with E-state index < -0.39 is 0 Å². The van der Waals surface area contributed by atoms with Gasteiger partial charge in [0.15, 0.2) is 0 Å². The molecule has 0 radical (unpaired) electrons.